The first kappa shape index (κ1) is 16.5. The monoisotopic (exact) mass is 333 g/mol. The Morgan fingerprint density at radius 3 is 2.88 bits per heavy atom. The predicted molar refractivity (Wildman–Crippen MR) is 84.3 cm³/mol. The minimum absolute atomic E-state index is 0.121. The van der Waals surface area contributed by atoms with E-state index in [0.29, 0.717) is 32.6 Å². The van der Waals surface area contributed by atoms with E-state index in [1.807, 2.05) is 4.90 Å². The Kier molecular flexibility index (Phi) is 4.86. The average molecular weight is 333 g/mol. The van der Waals surface area contributed by atoms with Crippen LogP contribution in [0.3, 0.4) is 0 Å². The molecule has 1 aliphatic heterocycles. The molecule has 0 spiro atoms. The summed E-state index contributed by atoms with van der Waals surface area (Å²) in [4.78, 5) is 13.9. The summed E-state index contributed by atoms with van der Waals surface area (Å²) in [5, 5.41) is 21.0. The summed E-state index contributed by atoms with van der Waals surface area (Å²) < 4.78 is 14.4. The maximum atomic E-state index is 12.8. The SMILES string of the molecule is O=C(CN1CCC(O)(Cn2ccnn2)C1)NCc1ccc(F)cc1. The maximum Gasteiger partial charge on any atom is 0.234 e. The van der Waals surface area contributed by atoms with Crippen molar-refractivity contribution in [3.8, 4) is 0 Å². The zero-order valence-electron chi connectivity index (χ0n) is 13.2. The second-order valence-electron chi connectivity index (χ2n) is 6.19. The fraction of sp³-hybridized carbons (Fsp3) is 0.438. The number of aliphatic hydroxyl groups is 1. The minimum atomic E-state index is -0.898. The van der Waals surface area contributed by atoms with E-state index in [4.69, 9.17) is 0 Å². The number of likely N-dealkylation sites (tertiary alicyclic amines) is 1. The predicted octanol–water partition coefficient (Wildman–Crippen LogP) is 0.170. The fourth-order valence-corrected chi connectivity index (χ4v) is 2.89. The van der Waals surface area contributed by atoms with Crippen molar-refractivity contribution >= 4 is 5.91 Å². The van der Waals surface area contributed by atoms with Crippen LogP contribution in [0.15, 0.2) is 36.7 Å². The van der Waals surface area contributed by atoms with Gasteiger partial charge in [-0.05, 0) is 24.1 Å². The van der Waals surface area contributed by atoms with Gasteiger partial charge in [0.25, 0.3) is 0 Å². The van der Waals surface area contributed by atoms with Crippen molar-refractivity contribution in [2.24, 2.45) is 0 Å². The van der Waals surface area contributed by atoms with E-state index in [0.717, 1.165) is 5.56 Å². The van der Waals surface area contributed by atoms with Crippen LogP contribution in [0, 0.1) is 5.82 Å². The van der Waals surface area contributed by atoms with Crippen LogP contribution in [0.25, 0.3) is 0 Å². The molecule has 1 amide bonds. The Bertz CT molecular complexity index is 676. The summed E-state index contributed by atoms with van der Waals surface area (Å²) in [5.41, 5.74) is -0.0563. The molecule has 1 aliphatic rings. The first-order chi connectivity index (χ1) is 11.5. The van der Waals surface area contributed by atoms with E-state index in [-0.39, 0.29) is 18.3 Å². The second-order valence-corrected chi connectivity index (χ2v) is 6.19. The summed E-state index contributed by atoms with van der Waals surface area (Å²) in [7, 11) is 0. The zero-order valence-corrected chi connectivity index (χ0v) is 13.2. The summed E-state index contributed by atoms with van der Waals surface area (Å²) in [6, 6.07) is 6.02. The van der Waals surface area contributed by atoms with Gasteiger partial charge in [0, 0.05) is 25.8 Å². The number of amides is 1. The average Bonchev–Trinajstić information content (AvgIpc) is 3.17. The van der Waals surface area contributed by atoms with Crippen LogP contribution in [0.2, 0.25) is 0 Å². The second kappa shape index (κ2) is 7.06. The van der Waals surface area contributed by atoms with Gasteiger partial charge in [0.15, 0.2) is 0 Å². The number of hydrogen-bond donors (Lipinski definition) is 2. The number of rotatable bonds is 6. The van der Waals surface area contributed by atoms with Crippen LogP contribution in [0.5, 0.6) is 0 Å². The molecule has 128 valence electrons. The Balaban J connectivity index is 1.44. The van der Waals surface area contributed by atoms with Crippen molar-refractivity contribution in [3.05, 3.63) is 48.0 Å². The van der Waals surface area contributed by atoms with Gasteiger partial charge >= 0.3 is 0 Å². The molecule has 1 aromatic heterocycles. The Morgan fingerprint density at radius 2 is 2.17 bits per heavy atom. The van der Waals surface area contributed by atoms with Gasteiger partial charge in [-0.2, -0.15) is 0 Å². The van der Waals surface area contributed by atoms with Crippen LogP contribution in [-0.4, -0.2) is 56.1 Å². The molecular weight excluding hydrogens is 313 g/mol. The van der Waals surface area contributed by atoms with Gasteiger partial charge < -0.3 is 10.4 Å². The van der Waals surface area contributed by atoms with E-state index in [9.17, 15) is 14.3 Å². The summed E-state index contributed by atoms with van der Waals surface area (Å²) >= 11 is 0. The van der Waals surface area contributed by atoms with E-state index in [1.165, 1.54) is 12.1 Å². The molecule has 1 atom stereocenters. The molecule has 1 saturated heterocycles. The highest BCUT2D eigenvalue weighted by atomic mass is 19.1. The largest absolute Gasteiger partial charge is 0.387 e. The Morgan fingerprint density at radius 1 is 1.38 bits per heavy atom. The molecular formula is C16H20FN5O2. The van der Waals surface area contributed by atoms with Crippen molar-refractivity contribution in [1.29, 1.82) is 0 Å². The van der Waals surface area contributed by atoms with Gasteiger partial charge in [0.1, 0.15) is 5.82 Å². The molecule has 0 radical (unpaired) electrons. The van der Waals surface area contributed by atoms with Gasteiger partial charge in [-0.3, -0.25) is 9.69 Å². The van der Waals surface area contributed by atoms with E-state index < -0.39 is 5.60 Å². The number of halogens is 1. The molecule has 8 heteroatoms. The van der Waals surface area contributed by atoms with Crippen molar-refractivity contribution < 1.29 is 14.3 Å². The topological polar surface area (TPSA) is 83.3 Å². The summed E-state index contributed by atoms with van der Waals surface area (Å²) in [6.45, 7) is 2.00. The van der Waals surface area contributed by atoms with Crippen molar-refractivity contribution in [2.75, 3.05) is 19.6 Å². The number of nitrogens with one attached hydrogen (secondary N) is 1. The highest BCUT2D eigenvalue weighted by molar-refractivity contribution is 5.78. The lowest BCUT2D eigenvalue weighted by molar-refractivity contribution is -0.122. The highest BCUT2D eigenvalue weighted by Crippen LogP contribution is 2.22. The molecule has 1 aromatic carbocycles. The van der Waals surface area contributed by atoms with Crippen LogP contribution in [0.1, 0.15) is 12.0 Å². The van der Waals surface area contributed by atoms with Crippen molar-refractivity contribution in [2.45, 2.75) is 25.1 Å². The van der Waals surface area contributed by atoms with Gasteiger partial charge in [0.05, 0.1) is 24.9 Å². The van der Waals surface area contributed by atoms with Crippen molar-refractivity contribution in [1.82, 2.24) is 25.2 Å². The van der Waals surface area contributed by atoms with Crippen LogP contribution in [0.4, 0.5) is 4.39 Å². The number of aromatic nitrogens is 3. The lowest BCUT2D eigenvalue weighted by atomic mass is 10.0. The third kappa shape index (κ3) is 4.36. The number of carbonyl (C=O) groups excluding carboxylic acids is 1. The third-order valence-corrected chi connectivity index (χ3v) is 4.11. The van der Waals surface area contributed by atoms with Crippen LogP contribution < -0.4 is 5.32 Å². The molecule has 24 heavy (non-hydrogen) atoms. The quantitative estimate of drug-likeness (QED) is 0.787. The maximum absolute atomic E-state index is 12.8. The third-order valence-electron chi connectivity index (χ3n) is 4.11. The molecule has 7 nitrogen and oxygen atoms in total. The molecule has 2 heterocycles. The summed E-state index contributed by atoms with van der Waals surface area (Å²) in [5.74, 6) is -0.418. The first-order valence-electron chi connectivity index (χ1n) is 7.82. The Labute approximate surface area is 139 Å². The molecule has 2 aromatic rings. The molecule has 1 unspecified atom stereocenters. The molecule has 2 N–H and O–H groups in total. The van der Waals surface area contributed by atoms with Crippen molar-refractivity contribution in [3.63, 3.8) is 0 Å². The van der Waals surface area contributed by atoms with Gasteiger partial charge in [0.2, 0.25) is 5.91 Å². The molecule has 1 fully saturated rings. The first-order valence-corrected chi connectivity index (χ1v) is 7.82. The number of β-amino-alcohol motifs (C(OH)–C–C–N with tert-alkyl or cyclic N) is 1. The number of nitrogens with zero attached hydrogens (tertiary/aromatic N) is 4. The number of hydrogen-bond acceptors (Lipinski definition) is 5. The van der Waals surface area contributed by atoms with E-state index >= 15 is 0 Å². The number of carbonyl (C=O) groups is 1. The molecule has 0 bridgehead atoms. The number of benzene rings is 1. The fourth-order valence-electron chi connectivity index (χ4n) is 2.89. The normalized spacial score (nSPS) is 21.1. The standard InChI is InChI=1S/C16H20FN5O2/c17-14-3-1-13(2-4-14)9-18-15(23)10-21-7-5-16(24,11-21)12-22-8-6-19-20-22/h1-4,6,8,24H,5,7,9-12H2,(H,18,23). The molecule has 0 saturated carbocycles. The van der Waals surface area contributed by atoms with Gasteiger partial charge in [-0.25, -0.2) is 9.07 Å². The lowest BCUT2D eigenvalue weighted by Crippen LogP contribution is -2.41. The van der Waals surface area contributed by atoms with E-state index in [2.05, 4.69) is 15.6 Å². The smallest absolute Gasteiger partial charge is 0.234 e. The van der Waals surface area contributed by atoms with Crippen LogP contribution in [-0.2, 0) is 17.9 Å². The summed E-state index contributed by atoms with van der Waals surface area (Å²) in [6.07, 6.45) is 3.85. The van der Waals surface area contributed by atoms with Gasteiger partial charge in [-0.15, -0.1) is 5.10 Å². The molecule has 0 aliphatic carbocycles. The highest BCUT2D eigenvalue weighted by Gasteiger charge is 2.37. The Hall–Kier alpha value is -2.32. The van der Waals surface area contributed by atoms with Crippen LogP contribution >= 0.6 is 0 Å². The molecule has 3 rings (SSSR count). The van der Waals surface area contributed by atoms with Gasteiger partial charge in [-0.1, -0.05) is 17.3 Å². The van der Waals surface area contributed by atoms with E-state index in [1.54, 1.807) is 29.2 Å². The zero-order chi connectivity index (χ0) is 17.0. The minimum Gasteiger partial charge on any atom is -0.387 e. The lowest BCUT2D eigenvalue weighted by Gasteiger charge is -2.22.